The molecular formula is C30H33N3O3. The van der Waals surface area contributed by atoms with Crippen molar-refractivity contribution in [2.24, 2.45) is 0 Å². The predicted octanol–water partition coefficient (Wildman–Crippen LogP) is 7.13. The van der Waals surface area contributed by atoms with Crippen LogP contribution in [0.25, 0.3) is 22.0 Å². The molecule has 1 amide bonds. The first-order chi connectivity index (χ1) is 17.6. The second-order valence-corrected chi connectivity index (χ2v) is 8.99. The second-order valence-electron chi connectivity index (χ2n) is 8.99. The van der Waals surface area contributed by atoms with Crippen LogP contribution in [0.5, 0.6) is 0 Å². The van der Waals surface area contributed by atoms with Crippen LogP contribution in [-0.4, -0.2) is 21.8 Å². The highest BCUT2D eigenvalue weighted by molar-refractivity contribution is 5.86. The van der Waals surface area contributed by atoms with Crippen LogP contribution in [0.3, 0.4) is 0 Å². The summed E-state index contributed by atoms with van der Waals surface area (Å²) in [4.78, 5) is 32.2. The molecule has 3 aromatic carbocycles. The van der Waals surface area contributed by atoms with Gasteiger partial charge in [-0.2, -0.15) is 0 Å². The van der Waals surface area contributed by atoms with Crippen molar-refractivity contribution in [2.75, 3.05) is 0 Å². The number of aromatic nitrogens is 2. The Morgan fingerprint density at radius 3 is 2.53 bits per heavy atom. The summed E-state index contributed by atoms with van der Waals surface area (Å²) in [5, 5.41) is 5.33. The number of amides is 1. The lowest BCUT2D eigenvalue weighted by Gasteiger charge is -2.17. The molecule has 0 aliphatic heterocycles. The molecule has 0 aliphatic carbocycles. The van der Waals surface area contributed by atoms with Crippen molar-refractivity contribution < 1.29 is 14.3 Å². The van der Waals surface area contributed by atoms with E-state index in [-0.39, 0.29) is 12.6 Å². The van der Waals surface area contributed by atoms with Crippen molar-refractivity contribution in [3.05, 3.63) is 90.4 Å². The van der Waals surface area contributed by atoms with Gasteiger partial charge < -0.3 is 15.0 Å². The highest BCUT2D eigenvalue weighted by atomic mass is 16.5. The third-order valence-electron chi connectivity index (χ3n) is 6.33. The number of benzene rings is 3. The van der Waals surface area contributed by atoms with Crippen LogP contribution in [0.15, 0.2) is 79.0 Å². The topological polar surface area (TPSA) is 84.1 Å². The fraction of sp³-hybridized carbons (Fsp3) is 0.300. The normalized spacial score (nSPS) is 11.8. The van der Waals surface area contributed by atoms with Crippen LogP contribution in [0, 0.1) is 0 Å². The number of carbonyl (C=O) groups excluding carboxylic acids is 2. The summed E-state index contributed by atoms with van der Waals surface area (Å²) in [6, 6.07) is 23.8. The number of alkyl carbamates (subject to hydrolysis) is 1. The Hall–Kier alpha value is -3.93. The quantitative estimate of drug-likeness (QED) is 0.210. The first kappa shape index (κ1) is 25.2. The highest BCUT2D eigenvalue weighted by Crippen LogP contribution is 2.26. The molecule has 186 valence electrons. The average molecular weight is 484 g/mol. The van der Waals surface area contributed by atoms with Gasteiger partial charge in [-0.05, 0) is 35.2 Å². The zero-order chi connectivity index (χ0) is 25.2. The minimum Gasteiger partial charge on any atom is -0.445 e. The first-order valence-electron chi connectivity index (χ1n) is 12.7. The summed E-state index contributed by atoms with van der Waals surface area (Å²) in [5.74, 6) is 0.986. The number of fused-ring (bicyclic) bond motifs is 1. The van der Waals surface area contributed by atoms with Crippen molar-refractivity contribution in [1.29, 1.82) is 0 Å². The van der Waals surface area contributed by atoms with Crippen LogP contribution < -0.4 is 5.32 Å². The van der Waals surface area contributed by atoms with E-state index in [1.807, 2.05) is 55.6 Å². The molecule has 36 heavy (non-hydrogen) atoms. The summed E-state index contributed by atoms with van der Waals surface area (Å²) >= 11 is 0. The van der Waals surface area contributed by atoms with E-state index in [2.05, 4.69) is 45.6 Å². The van der Waals surface area contributed by atoms with E-state index in [4.69, 9.17) is 4.74 Å². The number of imidazole rings is 1. The molecular weight excluding hydrogens is 450 g/mol. The highest BCUT2D eigenvalue weighted by Gasteiger charge is 2.19. The number of unbranched alkanes of at least 4 members (excludes halogenated alkanes) is 2. The lowest BCUT2D eigenvalue weighted by molar-refractivity contribution is -0.118. The number of ether oxygens (including phenoxy) is 1. The van der Waals surface area contributed by atoms with Crippen LogP contribution in [-0.2, 0) is 16.1 Å². The summed E-state index contributed by atoms with van der Waals surface area (Å²) in [6.07, 6.45) is 5.87. The molecule has 4 aromatic rings. The number of nitrogens with one attached hydrogen (secondary N) is 2. The summed E-state index contributed by atoms with van der Waals surface area (Å²) in [5.41, 5.74) is 2.87. The number of hydrogen-bond donors (Lipinski definition) is 2. The van der Waals surface area contributed by atoms with E-state index in [1.54, 1.807) is 0 Å². The van der Waals surface area contributed by atoms with Gasteiger partial charge in [0, 0.05) is 18.4 Å². The van der Waals surface area contributed by atoms with Gasteiger partial charge in [0.05, 0.1) is 17.9 Å². The van der Waals surface area contributed by atoms with E-state index in [0.29, 0.717) is 30.9 Å². The van der Waals surface area contributed by atoms with Crippen LogP contribution in [0.2, 0.25) is 0 Å². The second kappa shape index (κ2) is 12.7. The number of nitrogens with zero attached hydrogens (tertiary/aromatic N) is 1. The average Bonchev–Trinajstić information content (AvgIpc) is 3.41. The van der Waals surface area contributed by atoms with Crippen LogP contribution in [0.1, 0.15) is 62.9 Å². The lowest BCUT2D eigenvalue weighted by atomic mass is 10.0. The maximum atomic E-state index is 12.6. The fourth-order valence-corrected chi connectivity index (χ4v) is 4.23. The fourth-order valence-electron chi connectivity index (χ4n) is 4.23. The van der Waals surface area contributed by atoms with Gasteiger partial charge in [0.15, 0.2) is 0 Å². The van der Waals surface area contributed by atoms with Crippen molar-refractivity contribution in [2.45, 2.75) is 58.1 Å². The molecule has 0 spiro atoms. The van der Waals surface area contributed by atoms with Gasteiger partial charge in [-0.25, -0.2) is 9.78 Å². The van der Waals surface area contributed by atoms with Crippen molar-refractivity contribution in [3.63, 3.8) is 0 Å². The number of H-pyrrole nitrogens is 1. The van der Waals surface area contributed by atoms with Gasteiger partial charge in [-0.3, -0.25) is 4.79 Å². The van der Waals surface area contributed by atoms with Gasteiger partial charge in [0.2, 0.25) is 0 Å². The number of rotatable bonds is 12. The summed E-state index contributed by atoms with van der Waals surface area (Å²) < 4.78 is 5.46. The maximum absolute atomic E-state index is 12.6. The third kappa shape index (κ3) is 7.04. The molecule has 4 rings (SSSR count). The Bertz CT molecular complexity index is 1280. The Morgan fingerprint density at radius 1 is 0.944 bits per heavy atom. The number of ketones is 1. The number of aromatic amines is 1. The molecule has 1 atom stereocenters. The molecule has 0 unspecified atom stereocenters. The van der Waals surface area contributed by atoms with E-state index >= 15 is 0 Å². The molecule has 0 radical (unpaired) electrons. The smallest absolute Gasteiger partial charge is 0.408 e. The molecule has 0 bridgehead atoms. The van der Waals surface area contributed by atoms with Crippen LogP contribution in [0.4, 0.5) is 4.79 Å². The molecule has 0 saturated carbocycles. The number of hydrogen-bond acceptors (Lipinski definition) is 4. The summed E-state index contributed by atoms with van der Waals surface area (Å²) in [7, 11) is 0. The zero-order valence-corrected chi connectivity index (χ0v) is 20.7. The Labute approximate surface area is 212 Å². The number of carbonyl (C=O) groups is 2. The molecule has 0 saturated heterocycles. The van der Waals surface area contributed by atoms with Gasteiger partial charge >= 0.3 is 6.09 Å². The van der Waals surface area contributed by atoms with Gasteiger partial charge in [0.25, 0.3) is 0 Å². The van der Waals surface area contributed by atoms with Crippen LogP contribution >= 0.6 is 0 Å². The van der Waals surface area contributed by atoms with Crippen molar-refractivity contribution in [3.8, 4) is 11.3 Å². The van der Waals surface area contributed by atoms with Crippen molar-refractivity contribution in [1.82, 2.24) is 15.3 Å². The van der Waals surface area contributed by atoms with E-state index < -0.39 is 6.09 Å². The van der Waals surface area contributed by atoms with Crippen molar-refractivity contribution >= 4 is 22.6 Å². The monoisotopic (exact) mass is 483 g/mol. The minimum absolute atomic E-state index is 0.207. The van der Waals surface area contributed by atoms with Gasteiger partial charge in [0.1, 0.15) is 18.2 Å². The minimum atomic E-state index is -0.478. The van der Waals surface area contributed by atoms with Gasteiger partial charge in [-0.15, -0.1) is 0 Å². The molecule has 0 fully saturated rings. The zero-order valence-electron chi connectivity index (χ0n) is 20.7. The van der Waals surface area contributed by atoms with E-state index in [1.165, 1.54) is 5.39 Å². The lowest BCUT2D eigenvalue weighted by Crippen LogP contribution is -2.30. The molecule has 2 N–H and O–H groups in total. The molecule has 0 aliphatic rings. The maximum Gasteiger partial charge on any atom is 0.408 e. The summed E-state index contributed by atoms with van der Waals surface area (Å²) in [6.45, 7) is 2.10. The Kier molecular flexibility index (Phi) is 8.87. The SMILES string of the molecule is CCC(=O)CCCCC[C@H](NC(=O)OCc1ccccc1)c1ncc(-c2ccc3ccccc3c2)[nH]1. The number of Topliss-reactive ketones (excluding diaryl/α,β-unsaturated/α-hetero) is 1. The van der Waals surface area contributed by atoms with E-state index in [0.717, 1.165) is 41.5 Å². The van der Waals surface area contributed by atoms with Gasteiger partial charge in [-0.1, -0.05) is 86.5 Å². The third-order valence-corrected chi connectivity index (χ3v) is 6.33. The molecule has 1 aromatic heterocycles. The molecule has 6 heteroatoms. The first-order valence-corrected chi connectivity index (χ1v) is 12.7. The Balaban J connectivity index is 1.43. The molecule has 1 heterocycles. The van der Waals surface area contributed by atoms with E-state index in [9.17, 15) is 9.59 Å². The molecule has 6 nitrogen and oxygen atoms in total. The standard InChI is InChI=1S/C30H33N3O3/c1-2-26(34)15-7-4-8-16-27(33-30(35)36-21-22-11-5-3-6-12-22)29-31-20-28(32-29)25-18-17-23-13-9-10-14-24(23)19-25/h3,5-6,9-14,17-20,27H,2,4,7-8,15-16,21H2,1H3,(H,31,32)(H,33,35)/t27-/m0/s1. The largest absolute Gasteiger partial charge is 0.445 e. The Morgan fingerprint density at radius 2 is 1.72 bits per heavy atom. The predicted molar refractivity (Wildman–Crippen MR) is 142 cm³/mol.